The largest absolute Gasteiger partial charge is 0.353 e. The van der Waals surface area contributed by atoms with E-state index in [9.17, 15) is 9.59 Å². The predicted molar refractivity (Wildman–Crippen MR) is 112 cm³/mol. The van der Waals surface area contributed by atoms with Gasteiger partial charge in [-0.1, -0.05) is 44.0 Å². The first kappa shape index (κ1) is 15.4. The van der Waals surface area contributed by atoms with Crippen LogP contribution in [0.5, 0.6) is 0 Å². The van der Waals surface area contributed by atoms with Crippen molar-refractivity contribution in [3.05, 3.63) is 56.5 Å². The maximum Gasteiger partial charge on any atom is 0.259 e. The third kappa shape index (κ3) is 1.78. The molecule has 5 nitrogen and oxygen atoms in total. The highest BCUT2D eigenvalue weighted by atomic mass is 79.9. The van der Waals surface area contributed by atoms with E-state index in [1.54, 1.807) is 0 Å². The molecule has 3 heterocycles. The molecule has 0 radical (unpaired) electrons. The summed E-state index contributed by atoms with van der Waals surface area (Å²) in [5.41, 5.74) is 4.30. The summed E-state index contributed by atoms with van der Waals surface area (Å²) in [7, 11) is 0. The van der Waals surface area contributed by atoms with Crippen molar-refractivity contribution in [1.82, 2.24) is 15.3 Å². The molecule has 0 aliphatic carbocycles. The van der Waals surface area contributed by atoms with E-state index in [1.165, 1.54) is 0 Å². The van der Waals surface area contributed by atoms with Crippen molar-refractivity contribution < 1.29 is 9.59 Å². The number of aromatic nitrogens is 2. The molecule has 27 heavy (non-hydrogen) atoms. The fourth-order valence-corrected chi connectivity index (χ4v) is 5.35. The summed E-state index contributed by atoms with van der Waals surface area (Å²) in [6.07, 6.45) is 0. The molecule has 3 aromatic carbocycles. The number of H-pyrrole nitrogens is 2. The SMILES string of the molecule is O=C1NC(=O)c2c1c1c([nH]c3cccc(Br)c31)c1[nH]c3cccc(Br)c3c21. The molecule has 5 aromatic rings. The summed E-state index contributed by atoms with van der Waals surface area (Å²) in [5.74, 6) is -0.722. The van der Waals surface area contributed by atoms with E-state index < -0.39 is 0 Å². The van der Waals surface area contributed by atoms with Gasteiger partial charge in [0.25, 0.3) is 11.8 Å². The highest BCUT2D eigenvalue weighted by Gasteiger charge is 2.35. The molecule has 0 saturated carbocycles. The molecule has 6 rings (SSSR count). The smallest absolute Gasteiger partial charge is 0.259 e. The Morgan fingerprint density at radius 2 is 1.07 bits per heavy atom. The van der Waals surface area contributed by atoms with Gasteiger partial charge in [0.05, 0.1) is 22.2 Å². The highest BCUT2D eigenvalue weighted by Crippen LogP contribution is 2.44. The van der Waals surface area contributed by atoms with E-state index in [0.717, 1.165) is 52.6 Å². The van der Waals surface area contributed by atoms with Crippen LogP contribution in [-0.2, 0) is 0 Å². The Balaban J connectivity index is 2.04. The van der Waals surface area contributed by atoms with Crippen LogP contribution in [0.3, 0.4) is 0 Å². The Morgan fingerprint density at radius 1 is 0.630 bits per heavy atom. The van der Waals surface area contributed by atoms with E-state index in [2.05, 4.69) is 47.1 Å². The van der Waals surface area contributed by atoms with Crippen LogP contribution in [0.2, 0.25) is 0 Å². The summed E-state index contributed by atoms with van der Waals surface area (Å²) in [5, 5.41) is 5.78. The molecule has 0 spiro atoms. The van der Waals surface area contributed by atoms with Crippen molar-refractivity contribution in [2.75, 3.05) is 0 Å². The molecule has 1 aliphatic heterocycles. The number of rotatable bonds is 0. The normalized spacial score (nSPS) is 14.0. The van der Waals surface area contributed by atoms with Gasteiger partial charge in [0, 0.05) is 41.5 Å². The minimum absolute atomic E-state index is 0.361. The summed E-state index contributed by atoms with van der Waals surface area (Å²) < 4.78 is 1.74. The van der Waals surface area contributed by atoms with Gasteiger partial charge in [0.1, 0.15) is 0 Å². The topological polar surface area (TPSA) is 77.8 Å². The summed E-state index contributed by atoms with van der Waals surface area (Å²) in [6, 6.07) is 11.7. The number of imide groups is 1. The van der Waals surface area contributed by atoms with Crippen LogP contribution in [0.15, 0.2) is 45.3 Å². The number of carbonyl (C=O) groups excluding carboxylic acids is 2. The molecule has 0 unspecified atom stereocenters. The van der Waals surface area contributed by atoms with Gasteiger partial charge in [-0.3, -0.25) is 14.9 Å². The Bertz CT molecular complexity index is 1400. The van der Waals surface area contributed by atoms with Crippen LogP contribution >= 0.6 is 31.9 Å². The van der Waals surface area contributed by atoms with Gasteiger partial charge in [0.15, 0.2) is 0 Å². The molecule has 1 aliphatic rings. The molecule has 0 bridgehead atoms. The van der Waals surface area contributed by atoms with Gasteiger partial charge in [-0.25, -0.2) is 0 Å². The predicted octanol–water partition coefficient (Wildman–Crippen LogP) is 5.36. The molecule has 7 heteroatoms. The molecule has 0 fully saturated rings. The maximum absolute atomic E-state index is 12.7. The van der Waals surface area contributed by atoms with Crippen LogP contribution in [0.4, 0.5) is 0 Å². The van der Waals surface area contributed by atoms with Gasteiger partial charge < -0.3 is 9.97 Å². The zero-order chi connectivity index (χ0) is 18.4. The number of halogens is 2. The van der Waals surface area contributed by atoms with Crippen LogP contribution in [0.1, 0.15) is 20.7 Å². The fraction of sp³-hybridized carbons (Fsp3) is 0. The monoisotopic (exact) mass is 481 g/mol. The van der Waals surface area contributed by atoms with Gasteiger partial charge in [-0.15, -0.1) is 0 Å². The molecule has 0 saturated heterocycles. The van der Waals surface area contributed by atoms with Crippen LogP contribution in [0, 0.1) is 0 Å². The van der Waals surface area contributed by atoms with Gasteiger partial charge in [-0.2, -0.15) is 0 Å². The van der Waals surface area contributed by atoms with Gasteiger partial charge in [-0.05, 0) is 24.3 Å². The van der Waals surface area contributed by atoms with Crippen molar-refractivity contribution in [2.45, 2.75) is 0 Å². The summed E-state index contributed by atoms with van der Waals surface area (Å²) in [6.45, 7) is 0. The van der Waals surface area contributed by atoms with Crippen molar-refractivity contribution in [2.24, 2.45) is 0 Å². The second-order valence-electron chi connectivity index (χ2n) is 6.61. The third-order valence-corrected chi connectivity index (χ3v) is 6.55. The number of amides is 2. The van der Waals surface area contributed by atoms with Crippen molar-refractivity contribution in [1.29, 1.82) is 0 Å². The zero-order valence-electron chi connectivity index (χ0n) is 13.5. The minimum Gasteiger partial charge on any atom is -0.353 e. The maximum atomic E-state index is 12.7. The van der Waals surface area contributed by atoms with Crippen molar-refractivity contribution in [3.63, 3.8) is 0 Å². The lowest BCUT2D eigenvalue weighted by Gasteiger charge is -2.04. The number of fused-ring (bicyclic) bond motifs is 10. The van der Waals surface area contributed by atoms with Crippen LogP contribution in [0.25, 0.3) is 43.6 Å². The molecule has 2 aromatic heterocycles. The molecule has 130 valence electrons. The Labute approximate surface area is 168 Å². The third-order valence-electron chi connectivity index (χ3n) is 5.23. The Kier molecular flexibility index (Phi) is 2.85. The Morgan fingerprint density at radius 3 is 1.52 bits per heavy atom. The first-order valence-corrected chi connectivity index (χ1v) is 9.86. The van der Waals surface area contributed by atoms with Crippen molar-refractivity contribution in [3.8, 4) is 0 Å². The van der Waals surface area contributed by atoms with E-state index in [4.69, 9.17) is 0 Å². The van der Waals surface area contributed by atoms with Crippen LogP contribution in [-0.4, -0.2) is 21.8 Å². The molecular formula is C20H9Br2N3O2. The number of benzene rings is 3. The first-order chi connectivity index (χ1) is 13.1. The average Bonchev–Trinajstić information content (AvgIpc) is 3.27. The van der Waals surface area contributed by atoms with Crippen molar-refractivity contribution >= 4 is 87.3 Å². The zero-order valence-corrected chi connectivity index (χ0v) is 16.7. The average molecular weight is 483 g/mol. The number of nitrogens with one attached hydrogen (secondary N) is 3. The number of hydrogen-bond donors (Lipinski definition) is 3. The van der Waals surface area contributed by atoms with E-state index in [1.807, 2.05) is 36.4 Å². The standard InChI is InChI=1S/C20H9Br2N3O2/c21-7-3-1-5-9-11(7)13-15-16(20(27)25-19(15)26)14-12-8(22)4-2-6-10(12)24-18(14)17(13)23-9/h1-6,23-24H,(H,25,26,27). The van der Waals surface area contributed by atoms with E-state index in [-0.39, 0.29) is 11.8 Å². The lowest BCUT2D eigenvalue weighted by Crippen LogP contribution is -2.20. The Hall–Kier alpha value is -2.64. The lowest BCUT2D eigenvalue weighted by atomic mass is 9.97. The van der Waals surface area contributed by atoms with E-state index >= 15 is 0 Å². The molecular weight excluding hydrogens is 474 g/mol. The molecule has 2 amide bonds. The number of carbonyl (C=O) groups is 2. The second kappa shape index (κ2) is 4.99. The van der Waals surface area contributed by atoms with E-state index in [0.29, 0.717) is 11.1 Å². The number of hydrogen-bond acceptors (Lipinski definition) is 2. The quantitative estimate of drug-likeness (QED) is 0.260. The first-order valence-electron chi connectivity index (χ1n) is 8.27. The van der Waals surface area contributed by atoms with Gasteiger partial charge in [0.2, 0.25) is 0 Å². The summed E-state index contributed by atoms with van der Waals surface area (Å²) in [4.78, 5) is 32.4. The molecule has 0 atom stereocenters. The summed E-state index contributed by atoms with van der Waals surface area (Å²) >= 11 is 7.19. The highest BCUT2D eigenvalue weighted by molar-refractivity contribution is 9.11. The molecule has 3 N–H and O–H groups in total. The number of aromatic amines is 2. The van der Waals surface area contributed by atoms with Crippen LogP contribution < -0.4 is 5.32 Å². The lowest BCUT2D eigenvalue weighted by molar-refractivity contribution is 0.0880. The fourth-order valence-electron chi connectivity index (χ4n) is 4.22. The minimum atomic E-state index is -0.361. The van der Waals surface area contributed by atoms with Gasteiger partial charge >= 0.3 is 0 Å². The second-order valence-corrected chi connectivity index (χ2v) is 8.32.